The van der Waals surface area contributed by atoms with Gasteiger partial charge < -0.3 is 4.90 Å². The Kier molecular flexibility index (Phi) is 5.38. The van der Waals surface area contributed by atoms with Gasteiger partial charge in [-0.3, -0.25) is 9.59 Å². The molecule has 0 unspecified atom stereocenters. The first kappa shape index (κ1) is 17.6. The normalized spacial score (nSPS) is 19.2. The number of nitrogens with zero attached hydrogens (tertiary/aromatic N) is 1. The first-order chi connectivity index (χ1) is 11.5. The molecule has 0 atom stereocenters. The van der Waals surface area contributed by atoms with E-state index >= 15 is 0 Å². The molecule has 0 radical (unpaired) electrons. The van der Waals surface area contributed by atoms with E-state index in [-0.39, 0.29) is 17.0 Å². The predicted molar refractivity (Wildman–Crippen MR) is 95.9 cm³/mol. The second kappa shape index (κ2) is 7.34. The van der Waals surface area contributed by atoms with Crippen molar-refractivity contribution in [1.29, 1.82) is 0 Å². The number of alkyl halides is 2. The Labute approximate surface area is 150 Å². The van der Waals surface area contributed by atoms with Crippen molar-refractivity contribution in [2.24, 2.45) is 0 Å². The summed E-state index contributed by atoms with van der Waals surface area (Å²) in [6, 6.07) is 3.80. The summed E-state index contributed by atoms with van der Waals surface area (Å²) in [4.78, 5) is 26.9. The van der Waals surface area contributed by atoms with Crippen LogP contribution in [0.15, 0.2) is 12.1 Å². The van der Waals surface area contributed by atoms with Gasteiger partial charge in [0, 0.05) is 24.2 Å². The van der Waals surface area contributed by atoms with Gasteiger partial charge in [0.05, 0.1) is 5.33 Å². The molecular weight excluding hydrogens is 373 g/mol. The summed E-state index contributed by atoms with van der Waals surface area (Å²) in [6.07, 6.45) is 3.42. The Morgan fingerprint density at radius 1 is 1.17 bits per heavy atom. The van der Waals surface area contributed by atoms with Crippen molar-refractivity contribution in [3.8, 4) is 0 Å². The van der Waals surface area contributed by atoms with Crippen molar-refractivity contribution >= 4 is 27.6 Å². The highest BCUT2D eigenvalue weighted by molar-refractivity contribution is 9.09. The molecule has 0 spiro atoms. The lowest BCUT2D eigenvalue weighted by Crippen LogP contribution is -2.39. The van der Waals surface area contributed by atoms with Crippen molar-refractivity contribution in [3.63, 3.8) is 0 Å². The van der Waals surface area contributed by atoms with Gasteiger partial charge in [-0.2, -0.15) is 0 Å². The number of amides is 1. The van der Waals surface area contributed by atoms with Crippen LogP contribution in [-0.2, 0) is 0 Å². The number of Topliss-reactive ketones (excluding diaryl/α,β-unsaturated/α-hetero) is 1. The molecule has 1 heterocycles. The summed E-state index contributed by atoms with van der Waals surface area (Å²) in [6.45, 7) is 2.83. The highest BCUT2D eigenvalue weighted by atomic mass is 79.9. The van der Waals surface area contributed by atoms with E-state index in [4.69, 9.17) is 0 Å². The number of hydrogen-bond donors (Lipinski definition) is 0. The molecule has 1 saturated carbocycles. The third-order valence-corrected chi connectivity index (χ3v) is 5.81. The molecule has 2 aliphatic rings. The van der Waals surface area contributed by atoms with Crippen LogP contribution in [0.5, 0.6) is 0 Å². The molecule has 1 aromatic rings. The van der Waals surface area contributed by atoms with Crippen molar-refractivity contribution in [2.45, 2.75) is 51.1 Å². The van der Waals surface area contributed by atoms with Gasteiger partial charge in [-0.1, -0.05) is 28.4 Å². The highest BCUT2D eigenvalue weighted by Crippen LogP contribution is 2.39. The van der Waals surface area contributed by atoms with Crippen LogP contribution < -0.4 is 0 Å². The summed E-state index contributed by atoms with van der Waals surface area (Å²) >= 11 is 3.25. The van der Waals surface area contributed by atoms with Crippen molar-refractivity contribution < 1.29 is 14.0 Å². The average molecular weight is 396 g/mol. The van der Waals surface area contributed by atoms with Crippen LogP contribution in [0.4, 0.5) is 4.39 Å². The Morgan fingerprint density at radius 3 is 2.38 bits per heavy atom. The lowest BCUT2D eigenvalue weighted by Gasteiger charge is -2.31. The minimum atomic E-state index is -0.804. The standard InChI is InChI=1S/C19H23BrFNO2/c1-12-9-16(13-3-2-4-13)17(18(23)11-20)10-15(12)19(24)22-7-5-14(21)6-8-22/h9-10,13-14H,2-8,11H2,1H3. The molecule has 1 amide bonds. The van der Waals surface area contributed by atoms with Crippen LogP contribution in [0, 0.1) is 6.92 Å². The molecule has 1 saturated heterocycles. The highest BCUT2D eigenvalue weighted by Gasteiger charge is 2.28. The minimum Gasteiger partial charge on any atom is -0.338 e. The van der Waals surface area contributed by atoms with Gasteiger partial charge in [-0.15, -0.1) is 0 Å². The van der Waals surface area contributed by atoms with E-state index in [0.717, 1.165) is 24.0 Å². The molecule has 0 N–H and O–H groups in total. The maximum absolute atomic E-state index is 13.3. The van der Waals surface area contributed by atoms with Crippen LogP contribution in [-0.4, -0.2) is 41.2 Å². The number of aryl methyl sites for hydroxylation is 1. The van der Waals surface area contributed by atoms with E-state index in [1.165, 1.54) is 6.42 Å². The minimum absolute atomic E-state index is 0.0217. The van der Waals surface area contributed by atoms with Crippen molar-refractivity contribution in [3.05, 3.63) is 34.4 Å². The van der Waals surface area contributed by atoms with Gasteiger partial charge in [-0.25, -0.2) is 4.39 Å². The van der Waals surface area contributed by atoms with Crippen molar-refractivity contribution in [1.82, 2.24) is 4.90 Å². The molecule has 3 nitrogen and oxygen atoms in total. The molecule has 24 heavy (non-hydrogen) atoms. The SMILES string of the molecule is Cc1cc(C2CCC2)c(C(=O)CBr)cc1C(=O)N1CCC(F)CC1. The molecular formula is C19H23BrFNO2. The first-order valence-corrected chi connectivity index (χ1v) is 9.80. The van der Waals surface area contributed by atoms with E-state index in [0.29, 0.717) is 43.0 Å². The number of ketones is 1. The van der Waals surface area contributed by atoms with Gasteiger partial charge in [-0.05, 0) is 55.7 Å². The number of likely N-dealkylation sites (tertiary alicyclic amines) is 1. The Bertz CT molecular complexity index is 649. The van der Waals surface area contributed by atoms with E-state index in [1.807, 2.05) is 13.0 Å². The second-order valence-electron chi connectivity index (χ2n) is 6.91. The monoisotopic (exact) mass is 395 g/mol. The number of hydrogen-bond acceptors (Lipinski definition) is 2. The Morgan fingerprint density at radius 2 is 1.83 bits per heavy atom. The van der Waals surface area contributed by atoms with E-state index in [1.54, 1.807) is 11.0 Å². The zero-order chi connectivity index (χ0) is 17.3. The summed E-state index contributed by atoms with van der Waals surface area (Å²) in [5.41, 5.74) is 3.25. The van der Waals surface area contributed by atoms with Crippen molar-refractivity contribution in [2.75, 3.05) is 18.4 Å². The van der Waals surface area contributed by atoms with Gasteiger partial charge in [0.15, 0.2) is 5.78 Å². The largest absolute Gasteiger partial charge is 0.338 e. The third-order valence-electron chi connectivity index (χ3n) is 5.31. The molecule has 5 heteroatoms. The predicted octanol–water partition coefficient (Wildman–Crippen LogP) is 4.41. The van der Waals surface area contributed by atoms with E-state index in [2.05, 4.69) is 15.9 Å². The number of halogens is 2. The molecule has 1 aliphatic heterocycles. The number of benzene rings is 1. The molecule has 0 bridgehead atoms. The van der Waals surface area contributed by atoms with Crippen LogP contribution in [0.3, 0.4) is 0 Å². The topological polar surface area (TPSA) is 37.4 Å². The van der Waals surface area contributed by atoms with Crippen LogP contribution in [0.25, 0.3) is 0 Å². The smallest absolute Gasteiger partial charge is 0.254 e. The Hall–Kier alpha value is -1.23. The average Bonchev–Trinajstić information content (AvgIpc) is 2.53. The lowest BCUT2D eigenvalue weighted by atomic mass is 9.76. The molecule has 1 aliphatic carbocycles. The molecule has 0 aromatic heterocycles. The number of carbonyl (C=O) groups excluding carboxylic acids is 2. The number of carbonyl (C=O) groups is 2. The van der Waals surface area contributed by atoms with Crippen LogP contribution in [0.1, 0.15) is 69.9 Å². The zero-order valence-electron chi connectivity index (χ0n) is 14.0. The van der Waals surface area contributed by atoms with E-state index in [9.17, 15) is 14.0 Å². The van der Waals surface area contributed by atoms with Gasteiger partial charge in [0.25, 0.3) is 5.91 Å². The summed E-state index contributed by atoms with van der Waals surface area (Å²) in [7, 11) is 0. The number of piperidine rings is 1. The molecule has 2 fully saturated rings. The van der Waals surface area contributed by atoms with Gasteiger partial charge in [0.2, 0.25) is 0 Å². The fourth-order valence-electron chi connectivity index (χ4n) is 3.55. The molecule has 3 rings (SSSR count). The Balaban J connectivity index is 1.92. The lowest BCUT2D eigenvalue weighted by molar-refractivity contribution is 0.0666. The third kappa shape index (κ3) is 3.41. The second-order valence-corrected chi connectivity index (χ2v) is 7.47. The van der Waals surface area contributed by atoms with Gasteiger partial charge in [0.1, 0.15) is 6.17 Å². The summed E-state index contributed by atoms with van der Waals surface area (Å²) in [5.74, 6) is 0.379. The maximum Gasteiger partial charge on any atom is 0.254 e. The molecule has 130 valence electrons. The fourth-order valence-corrected chi connectivity index (χ4v) is 3.85. The first-order valence-electron chi connectivity index (χ1n) is 8.68. The quantitative estimate of drug-likeness (QED) is 0.558. The van der Waals surface area contributed by atoms with Crippen LogP contribution in [0.2, 0.25) is 0 Å². The molecule has 1 aromatic carbocycles. The van der Waals surface area contributed by atoms with Gasteiger partial charge >= 0.3 is 0 Å². The zero-order valence-corrected chi connectivity index (χ0v) is 15.6. The van der Waals surface area contributed by atoms with Crippen LogP contribution >= 0.6 is 15.9 Å². The summed E-state index contributed by atoms with van der Waals surface area (Å²) < 4.78 is 13.3. The fraction of sp³-hybridized carbons (Fsp3) is 0.579. The van der Waals surface area contributed by atoms with E-state index < -0.39 is 6.17 Å². The number of rotatable bonds is 4. The maximum atomic E-state index is 13.3. The summed E-state index contributed by atoms with van der Waals surface area (Å²) in [5, 5.41) is 0.261.